The fourth-order valence-electron chi connectivity index (χ4n) is 2.91. The number of fused-ring (bicyclic) bond motifs is 3. The van der Waals surface area contributed by atoms with Crippen LogP contribution in [0, 0.1) is 0 Å². The highest BCUT2D eigenvalue weighted by Crippen LogP contribution is 2.31. The maximum Gasteiger partial charge on any atom is 0.337 e. The van der Waals surface area contributed by atoms with Gasteiger partial charge in [0.2, 0.25) is 0 Å². The molecule has 2 amide bonds. The molecular formula is C17H15NO5. The third-order valence-corrected chi connectivity index (χ3v) is 3.84. The van der Waals surface area contributed by atoms with Crippen LogP contribution in [0.4, 0.5) is 0 Å². The average Bonchev–Trinajstić information content (AvgIpc) is 2.81. The number of carbonyl (C=O) groups excluding carboxylic acids is 3. The molecule has 2 N–H and O–H groups in total. The van der Waals surface area contributed by atoms with Crippen molar-refractivity contribution in [2.45, 2.75) is 19.4 Å². The van der Waals surface area contributed by atoms with Crippen molar-refractivity contribution in [1.82, 2.24) is 5.32 Å². The first-order valence-corrected chi connectivity index (χ1v) is 7.14. The number of ether oxygens (including phenoxy) is 1. The van der Waals surface area contributed by atoms with Crippen LogP contribution in [0.2, 0.25) is 0 Å². The third kappa shape index (κ3) is 2.47. The van der Waals surface area contributed by atoms with E-state index in [0.717, 1.165) is 0 Å². The molecule has 0 aliphatic carbocycles. The Morgan fingerprint density at radius 2 is 1.91 bits per heavy atom. The van der Waals surface area contributed by atoms with E-state index in [1.165, 1.54) is 7.11 Å². The number of carbonyl (C=O) groups is 3. The second-order valence-electron chi connectivity index (χ2n) is 5.55. The predicted octanol–water partition coefficient (Wildman–Crippen LogP) is 1.43. The summed E-state index contributed by atoms with van der Waals surface area (Å²) < 4.78 is 4.70. The molecule has 0 saturated carbocycles. The Hall–Kier alpha value is -2.73. The third-order valence-electron chi connectivity index (χ3n) is 3.84. The number of hydrogen-bond donors (Lipinski definition) is 2. The number of nitrogens with one attached hydrogen (secondary N) is 1. The highest BCUT2D eigenvalue weighted by molar-refractivity contribution is 6.27. The standard InChI is InChI=1S/C17H15NO5/c1-8(19)5-11-7-10-6-9(17(22)23-2)3-4-12(10)14-13(11)15(20)18-16(14)21/h3-4,6-8,19H,5H2,1-2H3,(H,18,20,21). The number of aliphatic hydroxyl groups excluding tert-OH is 1. The minimum Gasteiger partial charge on any atom is -0.465 e. The van der Waals surface area contributed by atoms with Crippen LogP contribution in [0.25, 0.3) is 10.8 Å². The maximum absolute atomic E-state index is 12.1. The van der Waals surface area contributed by atoms with Gasteiger partial charge in [-0.1, -0.05) is 12.1 Å². The molecular weight excluding hydrogens is 298 g/mol. The summed E-state index contributed by atoms with van der Waals surface area (Å²) in [5.41, 5.74) is 1.52. The first kappa shape index (κ1) is 15.2. The van der Waals surface area contributed by atoms with Crippen LogP contribution < -0.4 is 5.32 Å². The van der Waals surface area contributed by atoms with Gasteiger partial charge in [-0.25, -0.2) is 4.79 Å². The number of benzene rings is 2. The monoisotopic (exact) mass is 313 g/mol. The lowest BCUT2D eigenvalue weighted by atomic mass is 9.92. The molecule has 118 valence electrons. The van der Waals surface area contributed by atoms with Gasteiger partial charge in [-0.15, -0.1) is 0 Å². The van der Waals surface area contributed by atoms with E-state index in [1.807, 2.05) is 0 Å². The van der Waals surface area contributed by atoms with Crippen molar-refractivity contribution >= 4 is 28.6 Å². The maximum atomic E-state index is 12.1. The second kappa shape index (κ2) is 5.48. The van der Waals surface area contributed by atoms with Gasteiger partial charge in [-0.05, 0) is 41.8 Å². The molecule has 0 radical (unpaired) electrons. The van der Waals surface area contributed by atoms with Crippen molar-refractivity contribution in [2.24, 2.45) is 0 Å². The van der Waals surface area contributed by atoms with Crippen molar-refractivity contribution in [2.75, 3.05) is 7.11 Å². The molecule has 0 bridgehead atoms. The van der Waals surface area contributed by atoms with E-state index >= 15 is 0 Å². The fraction of sp³-hybridized carbons (Fsp3) is 0.235. The van der Waals surface area contributed by atoms with Crippen molar-refractivity contribution in [3.05, 3.63) is 46.5 Å². The Bertz CT molecular complexity index is 854. The molecule has 2 aromatic carbocycles. The Morgan fingerprint density at radius 3 is 2.57 bits per heavy atom. The first-order valence-electron chi connectivity index (χ1n) is 7.14. The van der Waals surface area contributed by atoms with Crippen molar-refractivity contribution in [1.29, 1.82) is 0 Å². The molecule has 1 aliphatic heterocycles. The van der Waals surface area contributed by atoms with Gasteiger partial charge in [0, 0.05) is 0 Å². The highest BCUT2D eigenvalue weighted by atomic mass is 16.5. The van der Waals surface area contributed by atoms with Gasteiger partial charge in [0.05, 0.1) is 29.9 Å². The lowest BCUT2D eigenvalue weighted by Gasteiger charge is -2.12. The average molecular weight is 313 g/mol. The number of esters is 1. The van der Waals surface area contributed by atoms with E-state index in [9.17, 15) is 19.5 Å². The van der Waals surface area contributed by atoms with Gasteiger partial charge in [-0.3, -0.25) is 14.9 Å². The van der Waals surface area contributed by atoms with Gasteiger partial charge in [-0.2, -0.15) is 0 Å². The molecule has 0 aromatic heterocycles. The van der Waals surface area contributed by atoms with Gasteiger partial charge in [0.15, 0.2) is 0 Å². The first-order chi connectivity index (χ1) is 10.9. The minimum absolute atomic E-state index is 0.238. The van der Waals surface area contributed by atoms with Crippen LogP contribution in [0.1, 0.15) is 43.6 Å². The van der Waals surface area contributed by atoms with E-state index in [2.05, 4.69) is 5.32 Å². The van der Waals surface area contributed by atoms with E-state index in [1.54, 1.807) is 31.2 Å². The normalized spacial score (nSPS) is 14.6. The molecule has 1 unspecified atom stereocenters. The van der Waals surface area contributed by atoms with Crippen LogP contribution in [0.5, 0.6) is 0 Å². The van der Waals surface area contributed by atoms with Gasteiger partial charge < -0.3 is 9.84 Å². The van der Waals surface area contributed by atoms with Crippen LogP contribution in [-0.2, 0) is 11.2 Å². The van der Waals surface area contributed by atoms with Crippen molar-refractivity contribution in [3.8, 4) is 0 Å². The molecule has 0 saturated heterocycles. The smallest absolute Gasteiger partial charge is 0.337 e. The van der Waals surface area contributed by atoms with Crippen molar-refractivity contribution < 1.29 is 24.2 Å². The quantitative estimate of drug-likeness (QED) is 0.660. The summed E-state index contributed by atoms with van der Waals surface area (Å²) >= 11 is 0. The molecule has 3 rings (SSSR count). The summed E-state index contributed by atoms with van der Waals surface area (Å²) in [4.78, 5) is 35.8. The summed E-state index contributed by atoms with van der Waals surface area (Å²) in [6.07, 6.45) is -0.426. The summed E-state index contributed by atoms with van der Waals surface area (Å²) in [5.74, 6) is -1.40. The lowest BCUT2D eigenvalue weighted by Crippen LogP contribution is -2.20. The van der Waals surface area contributed by atoms with E-state index in [4.69, 9.17) is 4.74 Å². The molecule has 1 aliphatic rings. The number of imide groups is 1. The van der Waals surface area contributed by atoms with E-state index in [-0.39, 0.29) is 6.42 Å². The number of aliphatic hydroxyl groups is 1. The molecule has 2 aromatic rings. The van der Waals surface area contributed by atoms with Crippen molar-refractivity contribution in [3.63, 3.8) is 0 Å². The number of methoxy groups -OCH3 is 1. The lowest BCUT2D eigenvalue weighted by molar-refractivity contribution is 0.0600. The Balaban J connectivity index is 2.30. The molecule has 6 heteroatoms. The largest absolute Gasteiger partial charge is 0.465 e. The number of rotatable bonds is 3. The number of amides is 2. The second-order valence-corrected chi connectivity index (χ2v) is 5.55. The molecule has 23 heavy (non-hydrogen) atoms. The molecule has 0 fully saturated rings. The van der Waals surface area contributed by atoms with Gasteiger partial charge in [0.25, 0.3) is 11.8 Å². The van der Waals surface area contributed by atoms with Crippen LogP contribution in [-0.4, -0.2) is 36.1 Å². The highest BCUT2D eigenvalue weighted by Gasteiger charge is 2.32. The van der Waals surface area contributed by atoms with E-state index < -0.39 is 23.9 Å². The molecule has 6 nitrogen and oxygen atoms in total. The summed E-state index contributed by atoms with van der Waals surface area (Å²) in [6.45, 7) is 1.61. The summed E-state index contributed by atoms with van der Waals surface area (Å²) in [6, 6.07) is 6.53. The van der Waals surface area contributed by atoms with E-state index in [0.29, 0.717) is 33.0 Å². The van der Waals surface area contributed by atoms with Crippen LogP contribution >= 0.6 is 0 Å². The predicted molar refractivity (Wildman–Crippen MR) is 82.5 cm³/mol. The summed E-state index contributed by atoms with van der Waals surface area (Å²) in [7, 11) is 1.29. The Kier molecular flexibility index (Phi) is 3.61. The van der Waals surface area contributed by atoms with Gasteiger partial charge in [0.1, 0.15) is 0 Å². The van der Waals surface area contributed by atoms with Crippen LogP contribution in [0.15, 0.2) is 24.3 Å². The topological polar surface area (TPSA) is 92.7 Å². The fourth-order valence-corrected chi connectivity index (χ4v) is 2.91. The van der Waals surface area contributed by atoms with Gasteiger partial charge >= 0.3 is 5.97 Å². The molecule has 1 atom stereocenters. The SMILES string of the molecule is COC(=O)c1ccc2c3c(c(CC(C)O)cc2c1)C(=O)NC3=O. The zero-order valence-corrected chi connectivity index (χ0v) is 12.7. The molecule has 0 spiro atoms. The minimum atomic E-state index is -0.663. The van der Waals surface area contributed by atoms with Crippen LogP contribution in [0.3, 0.4) is 0 Å². The Labute approximate surface area is 132 Å². The number of hydrogen-bond acceptors (Lipinski definition) is 5. The zero-order chi connectivity index (χ0) is 16.7. The Morgan fingerprint density at radius 1 is 1.22 bits per heavy atom. The zero-order valence-electron chi connectivity index (χ0n) is 12.7. The molecule has 1 heterocycles. The summed E-state index contributed by atoms with van der Waals surface area (Å²) in [5, 5.41) is 13.2.